The van der Waals surface area contributed by atoms with E-state index in [0.29, 0.717) is 30.2 Å². The number of anilines is 1. The predicted molar refractivity (Wildman–Crippen MR) is 95.0 cm³/mol. The highest BCUT2D eigenvalue weighted by molar-refractivity contribution is 5.93. The molecule has 0 amide bonds. The Bertz CT molecular complexity index is 925. The summed E-state index contributed by atoms with van der Waals surface area (Å²) in [5.41, 5.74) is -0.206. The fraction of sp³-hybridized carbons (Fsp3) is 0.474. The van der Waals surface area contributed by atoms with Crippen LogP contribution >= 0.6 is 0 Å². The number of pyridine rings is 1. The summed E-state index contributed by atoms with van der Waals surface area (Å²) in [6.07, 6.45) is 5.81. The van der Waals surface area contributed by atoms with Gasteiger partial charge in [-0.2, -0.15) is 0 Å². The average molecular weight is 360 g/mol. The number of carboxylic acids is 1. The molecule has 0 radical (unpaired) electrons. The molecule has 0 spiro atoms. The van der Waals surface area contributed by atoms with Crippen molar-refractivity contribution >= 4 is 22.6 Å². The summed E-state index contributed by atoms with van der Waals surface area (Å²) in [4.78, 5) is 29.7. The molecule has 1 aliphatic carbocycles. The van der Waals surface area contributed by atoms with Gasteiger partial charge in [0.2, 0.25) is 5.43 Å². The molecule has 0 bridgehead atoms. The van der Waals surface area contributed by atoms with E-state index >= 15 is 0 Å². The van der Waals surface area contributed by atoms with Crippen LogP contribution in [0.25, 0.3) is 10.9 Å². The first kappa shape index (κ1) is 17.0. The van der Waals surface area contributed by atoms with Gasteiger partial charge in [0.15, 0.2) is 0 Å². The van der Waals surface area contributed by atoms with Gasteiger partial charge in [0, 0.05) is 24.0 Å². The quantitative estimate of drug-likeness (QED) is 0.910. The Labute approximate surface area is 149 Å². The zero-order chi connectivity index (χ0) is 18.4. The van der Waals surface area contributed by atoms with Crippen molar-refractivity contribution in [3.63, 3.8) is 0 Å². The van der Waals surface area contributed by atoms with Gasteiger partial charge >= 0.3 is 5.97 Å². The summed E-state index contributed by atoms with van der Waals surface area (Å²) < 4.78 is 16.4. The molecule has 0 unspecified atom stereocenters. The van der Waals surface area contributed by atoms with Crippen molar-refractivity contribution in [2.24, 2.45) is 5.92 Å². The second kappa shape index (κ2) is 6.39. The molecule has 1 aromatic heterocycles. The molecular formula is C19H21FN2O4. The van der Waals surface area contributed by atoms with Crippen molar-refractivity contribution < 1.29 is 19.1 Å². The normalized spacial score (nSPS) is 22.6. The van der Waals surface area contributed by atoms with Gasteiger partial charge in [-0.1, -0.05) is 12.8 Å². The predicted octanol–water partition coefficient (Wildman–Crippen LogP) is 3.17. The SMILES string of the molecule is CCn1cc(C(=O)O)c(=O)c2cc(F)c(N3C[C@H]4CCCC[C@H]4O3)cc21. The Morgan fingerprint density at radius 1 is 1.35 bits per heavy atom. The van der Waals surface area contributed by atoms with Crippen LogP contribution in [0.1, 0.15) is 43.0 Å². The molecule has 6 nitrogen and oxygen atoms in total. The van der Waals surface area contributed by atoms with Crippen LogP contribution in [-0.4, -0.2) is 28.3 Å². The highest BCUT2D eigenvalue weighted by Gasteiger charge is 2.37. The molecule has 1 saturated carbocycles. The van der Waals surface area contributed by atoms with E-state index in [-0.39, 0.29) is 17.1 Å². The number of benzene rings is 1. The average Bonchev–Trinajstić information content (AvgIpc) is 3.05. The number of aryl methyl sites for hydroxylation is 1. The molecular weight excluding hydrogens is 339 g/mol. The lowest BCUT2D eigenvalue weighted by molar-refractivity contribution is 0.0485. The van der Waals surface area contributed by atoms with Gasteiger partial charge in [-0.15, -0.1) is 0 Å². The van der Waals surface area contributed by atoms with Crippen LogP contribution in [0.2, 0.25) is 0 Å². The molecule has 2 heterocycles. The number of aromatic carboxylic acids is 1. The Hall–Kier alpha value is -2.41. The summed E-state index contributed by atoms with van der Waals surface area (Å²) in [6.45, 7) is 2.95. The van der Waals surface area contributed by atoms with Gasteiger partial charge in [-0.05, 0) is 31.9 Å². The Morgan fingerprint density at radius 3 is 2.81 bits per heavy atom. The van der Waals surface area contributed by atoms with Gasteiger partial charge in [-0.3, -0.25) is 14.7 Å². The van der Waals surface area contributed by atoms with Crippen molar-refractivity contribution in [3.05, 3.63) is 39.9 Å². The van der Waals surface area contributed by atoms with Gasteiger partial charge in [-0.25, -0.2) is 9.18 Å². The van der Waals surface area contributed by atoms with E-state index in [0.717, 1.165) is 25.3 Å². The zero-order valence-electron chi connectivity index (χ0n) is 14.6. The lowest BCUT2D eigenvalue weighted by Crippen LogP contribution is -2.22. The highest BCUT2D eigenvalue weighted by atomic mass is 19.1. The van der Waals surface area contributed by atoms with Gasteiger partial charge in [0.05, 0.1) is 18.2 Å². The first-order valence-corrected chi connectivity index (χ1v) is 9.04. The minimum Gasteiger partial charge on any atom is -0.477 e. The molecule has 1 aromatic carbocycles. The molecule has 138 valence electrons. The lowest BCUT2D eigenvalue weighted by Gasteiger charge is -2.22. The number of hydroxylamine groups is 1. The molecule has 7 heteroatoms. The smallest absolute Gasteiger partial charge is 0.341 e. The standard InChI is InChI=1S/C19H21FN2O4/c1-2-21-10-13(19(24)25)18(23)12-7-14(20)16(8-15(12)21)22-9-11-5-3-4-6-17(11)26-22/h7-8,10-11,17H,2-6,9H2,1H3,(H,24,25)/t11-,17-/m1/s1. The van der Waals surface area contributed by atoms with Gasteiger partial charge < -0.3 is 9.67 Å². The second-order valence-corrected chi connectivity index (χ2v) is 7.03. The second-order valence-electron chi connectivity index (χ2n) is 7.03. The number of fused-ring (bicyclic) bond motifs is 2. The van der Waals surface area contributed by atoms with E-state index in [1.807, 2.05) is 6.92 Å². The molecule has 1 aliphatic heterocycles. The van der Waals surface area contributed by atoms with Crippen molar-refractivity contribution in [1.29, 1.82) is 0 Å². The van der Waals surface area contributed by atoms with Crippen LogP contribution in [0.5, 0.6) is 0 Å². The molecule has 2 atom stereocenters. The summed E-state index contributed by atoms with van der Waals surface area (Å²) in [5, 5.41) is 10.9. The van der Waals surface area contributed by atoms with Crippen LogP contribution in [0.4, 0.5) is 10.1 Å². The minimum atomic E-state index is -1.31. The number of hydrogen-bond acceptors (Lipinski definition) is 4. The number of hydrogen-bond donors (Lipinski definition) is 1. The number of halogens is 1. The van der Waals surface area contributed by atoms with E-state index in [4.69, 9.17) is 4.84 Å². The first-order valence-electron chi connectivity index (χ1n) is 9.04. The summed E-state index contributed by atoms with van der Waals surface area (Å²) in [7, 11) is 0. The fourth-order valence-corrected chi connectivity index (χ4v) is 4.10. The van der Waals surface area contributed by atoms with Crippen molar-refractivity contribution in [2.45, 2.75) is 45.3 Å². The zero-order valence-corrected chi connectivity index (χ0v) is 14.6. The Balaban J connectivity index is 1.83. The highest BCUT2D eigenvalue weighted by Crippen LogP contribution is 2.37. The van der Waals surface area contributed by atoms with E-state index < -0.39 is 17.2 Å². The third-order valence-electron chi connectivity index (χ3n) is 5.49. The lowest BCUT2D eigenvalue weighted by atomic mass is 9.87. The molecule has 4 rings (SSSR count). The number of carboxylic acid groups (broad SMARTS) is 1. The van der Waals surface area contributed by atoms with Gasteiger partial charge in [0.1, 0.15) is 17.1 Å². The maximum Gasteiger partial charge on any atom is 0.341 e. The largest absolute Gasteiger partial charge is 0.477 e. The topological polar surface area (TPSA) is 71.8 Å². The van der Waals surface area contributed by atoms with E-state index in [2.05, 4.69) is 0 Å². The summed E-state index contributed by atoms with van der Waals surface area (Å²) >= 11 is 0. The fourth-order valence-electron chi connectivity index (χ4n) is 4.10. The molecule has 1 N–H and O–H groups in total. The van der Waals surface area contributed by atoms with Crippen molar-refractivity contribution in [1.82, 2.24) is 4.57 Å². The van der Waals surface area contributed by atoms with Crippen LogP contribution in [0, 0.1) is 11.7 Å². The molecule has 2 fully saturated rings. The maximum absolute atomic E-state index is 14.8. The van der Waals surface area contributed by atoms with Crippen LogP contribution in [-0.2, 0) is 11.4 Å². The number of aromatic nitrogens is 1. The molecule has 2 aliphatic rings. The minimum absolute atomic E-state index is 0.0737. The van der Waals surface area contributed by atoms with Crippen molar-refractivity contribution in [3.8, 4) is 0 Å². The van der Waals surface area contributed by atoms with Gasteiger partial charge in [0.25, 0.3) is 0 Å². The van der Waals surface area contributed by atoms with Crippen LogP contribution in [0.3, 0.4) is 0 Å². The van der Waals surface area contributed by atoms with Crippen molar-refractivity contribution in [2.75, 3.05) is 11.6 Å². The number of carbonyl (C=O) groups is 1. The van der Waals surface area contributed by atoms with Crippen LogP contribution < -0.4 is 10.5 Å². The molecule has 2 aromatic rings. The third-order valence-corrected chi connectivity index (χ3v) is 5.49. The Kier molecular flexibility index (Phi) is 4.19. The first-order chi connectivity index (χ1) is 12.5. The molecule has 26 heavy (non-hydrogen) atoms. The third kappa shape index (κ3) is 2.67. The monoisotopic (exact) mass is 360 g/mol. The van der Waals surface area contributed by atoms with E-state index in [1.54, 1.807) is 15.7 Å². The summed E-state index contributed by atoms with van der Waals surface area (Å²) in [5.74, 6) is -1.48. The summed E-state index contributed by atoms with van der Waals surface area (Å²) in [6, 6.07) is 2.73. The van der Waals surface area contributed by atoms with Crippen LogP contribution in [0.15, 0.2) is 23.1 Å². The molecule has 1 saturated heterocycles. The Morgan fingerprint density at radius 2 is 2.12 bits per heavy atom. The van der Waals surface area contributed by atoms with E-state index in [9.17, 15) is 19.1 Å². The van der Waals surface area contributed by atoms with E-state index in [1.165, 1.54) is 12.6 Å². The number of nitrogens with zero attached hydrogens (tertiary/aromatic N) is 2. The maximum atomic E-state index is 14.8. The number of rotatable bonds is 3.